The fourth-order valence-corrected chi connectivity index (χ4v) is 3.27. The summed E-state index contributed by atoms with van der Waals surface area (Å²) in [6, 6.07) is 8.05. The fourth-order valence-electron chi connectivity index (χ4n) is 3.27. The van der Waals surface area contributed by atoms with Gasteiger partial charge in [-0.05, 0) is 42.7 Å². The van der Waals surface area contributed by atoms with Crippen molar-refractivity contribution < 1.29 is 0 Å². The molecule has 1 aromatic carbocycles. The second-order valence-corrected chi connectivity index (χ2v) is 5.94. The van der Waals surface area contributed by atoms with Crippen LogP contribution in [0.25, 0.3) is 33.1 Å². The molecule has 0 spiro atoms. The van der Waals surface area contributed by atoms with Crippen LogP contribution in [-0.2, 0) is 13.5 Å². The van der Waals surface area contributed by atoms with E-state index < -0.39 is 0 Å². The Morgan fingerprint density at radius 3 is 2.74 bits per heavy atom. The molecule has 3 heterocycles. The second kappa shape index (κ2) is 4.84. The average molecular weight is 306 g/mol. The lowest BCUT2D eigenvalue weighted by Crippen LogP contribution is -2.11. The predicted molar refractivity (Wildman–Crippen MR) is 92.7 cm³/mol. The van der Waals surface area contributed by atoms with Gasteiger partial charge in [-0.3, -0.25) is 14.6 Å². The number of hydrogen-bond acceptors (Lipinski definition) is 2. The molecule has 2 N–H and O–H groups in total. The van der Waals surface area contributed by atoms with Crippen LogP contribution in [-0.4, -0.2) is 19.7 Å². The molecule has 0 bridgehead atoms. The van der Waals surface area contributed by atoms with Gasteiger partial charge < -0.3 is 4.98 Å². The summed E-state index contributed by atoms with van der Waals surface area (Å²) in [4.78, 5) is 20.0. The van der Waals surface area contributed by atoms with Crippen molar-refractivity contribution in [2.45, 2.75) is 20.3 Å². The number of rotatable bonds is 2. The molecule has 23 heavy (non-hydrogen) atoms. The minimum Gasteiger partial charge on any atom is -0.343 e. The maximum atomic E-state index is 12.1. The van der Waals surface area contributed by atoms with Gasteiger partial charge in [-0.2, -0.15) is 0 Å². The van der Waals surface area contributed by atoms with Crippen molar-refractivity contribution in [1.82, 2.24) is 19.7 Å². The zero-order valence-electron chi connectivity index (χ0n) is 13.4. The van der Waals surface area contributed by atoms with Gasteiger partial charge in [0, 0.05) is 29.9 Å². The minimum atomic E-state index is -0.0115. The van der Waals surface area contributed by atoms with E-state index in [2.05, 4.69) is 35.0 Å². The van der Waals surface area contributed by atoms with E-state index >= 15 is 0 Å². The highest BCUT2D eigenvalue weighted by Crippen LogP contribution is 2.28. The lowest BCUT2D eigenvalue weighted by molar-refractivity contribution is 0.751. The van der Waals surface area contributed by atoms with E-state index in [0.717, 1.165) is 34.1 Å². The first kappa shape index (κ1) is 13.8. The summed E-state index contributed by atoms with van der Waals surface area (Å²) in [5.74, 6) is 0. The second-order valence-electron chi connectivity index (χ2n) is 5.94. The fraction of sp³-hybridized carbons (Fsp3) is 0.222. The molecule has 0 atom stereocenters. The topological polar surface area (TPSA) is 66.5 Å². The van der Waals surface area contributed by atoms with Gasteiger partial charge in [0.15, 0.2) is 0 Å². The van der Waals surface area contributed by atoms with Crippen LogP contribution in [0.3, 0.4) is 0 Å². The van der Waals surface area contributed by atoms with Crippen LogP contribution in [0.15, 0.2) is 35.3 Å². The average Bonchev–Trinajstić information content (AvgIpc) is 3.02. The number of nitrogens with one attached hydrogen (secondary N) is 2. The molecule has 0 saturated carbocycles. The number of nitrogens with zero attached hydrogens (tertiary/aromatic N) is 2. The Hall–Kier alpha value is -2.82. The number of aromatic nitrogens is 4. The van der Waals surface area contributed by atoms with Crippen LogP contribution in [0.2, 0.25) is 0 Å². The largest absolute Gasteiger partial charge is 0.343 e. The van der Waals surface area contributed by atoms with E-state index in [1.165, 1.54) is 15.9 Å². The van der Waals surface area contributed by atoms with E-state index in [4.69, 9.17) is 0 Å². The number of benzene rings is 1. The molecule has 5 heteroatoms. The van der Waals surface area contributed by atoms with Gasteiger partial charge in [-0.15, -0.1) is 0 Å². The SMILES string of the molecule is CCc1c(C)[nH]c2ncc(-c3ccc4[nH]n(C)c(=O)c4c3)cc12. The van der Waals surface area contributed by atoms with Crippen LogP contribution in [0.1, 0.15) is 18.2 Å². The molecule has 0 aliphatic heterocycles. The quantitative estimate of drug-likeness (QED) is 0.597. The van der Waals surface area contributed by atoms with Gasteiger partial charge in [0.05, 0.1) is 10.9 Å². The molecule has 0 saturated heterocycles. The number of aromatic amines is 2. The highest BCUT2D eigenvalue weighted by atomic mass is 16.1. The molecular weight excluding hydrogens is 288 g/mol. The number of hydrogen-bond donors (Lipinski definition) is 2. The van der Waals surface area contributed by atoms with E-state index in [1.54, 1.807) is 7.05 Å². The van der Waals surface area contributed by atoms with E-state index in [9.17, 15) is 4.79 Å². The number of fused-ring (bicyclic) bond motifs is 2. The third-order valence-corrected chi connectivity index (χ3v) is 4.50. The van der Waals surface area contributed by atoms with Crippen molar-refractivity contribution in [2.24, 2.45) is 7.05 Å². The molecule has 0 aliphatic carbocycles. The molecule has 0 aliphatic rings. The van der Waals surface area contributed by atoms with Crippen molar-refractivity contribution in [1.29, 1.82) is 0 Å². The van der Waals surface area contributed by atoms with Crippen molar-refractivity contribution in [3.8, 4) is 11.1 Å². The third-order valence-electron chi connectivity index (χ3n) is 4.50. The van der Waals surface area contributed by atoms with E-state index in [1.807, 2.05) is 24.4 Å². The molecule has 4 aromatic rings. The maximum Gasteiger partial charge on any atom is 0.274 e. The molecule has 3 aromatic heterocycles. The zero-order valence-corrected chi connectivity index (χ0v) is 13.4. The summed E-state index contributed by atoms with van der Waals surface area (Å²) in [5, 5.41) is 4.90. The summed E-state index contributed by atoms with van der Waals surface area (Å²) in [7, 11) is 1.73. The Morgan fingerprint density at radius 2 is 1.96 bits per heavy atom. The van der Waals surface area contributed by atoms with Gasteiger partial charge in [-0.1, -0.05) is 13.0 Å². The van der Waals surface area contributed by atoms with Crippen molar-refractivity contribution in [3.63, 3.8) is 0 Å². The maximum absolute atomic E-state index is 12.1. The summed E-state index contributed by atoms with van der Waals surface area (Å²) < 4.78 is 1.50. The van der Waals surface area contributed by atoms with E-state index in [-0.39, 0.29) is 5.56 Å². The summed E-state index contributed by atoms with van der Waals surface area (Å²) in [6.45, 7) is 4.23. The van der Waals surface area contributed by atoms with Gasteiger partial charge in [0.1, 0.15) is 5.65 Å². The molecule has 0 radical (unpaired) electrons. The molecule has 116 valence electrons. The Kier molecular flexibility index (Phi) is 2.91. The molecule has 0 unspecified atom stereocenters. The van der Waals surface area contributed by atoms with Crippen molar-refractivity contribution in [2.75, 3.05) is 0 Å². The smallest absolute Gasteiger partial charge is 0.274 e. The standard InChI is InChI=1S/C18H18N4O/c1-4-13-10(2)20-17-14(13)8-12(9-19-17)11-5-6-16-15(7-11)18(23)22(3)21-16/h5-9,21H,4H2,1-3H3,(H,19,20). The van der Waals surface area contributed by atoms with Gasteiger partial charge in [0.2, 0.25) is 0 Å². The van der Waals surface area contributed by atoms with Crippen LogP contribution in [0, 0.1) is 6.92 Å². The molecule has 4 rings (SSSR count). The first-order valence-electron chi connectivity index (χ1n) is 7.75. The lowest BCUT2D eigenvalue weighted by atomic mass is 10.0. The first-order valence-corrected chi connectivity index (χ1v) is 7.75. The normalized spacial score (nSPS) is 11.6. The van der Waals surface area contributed by atoms with Gasteiger partial charge >= 0.3 is 0 Å². The van der Waals surface area contributed by atoms with Crippen LogP contribution < -0.4 is 5.56 Å². The van der Waals surface area contributed by atoms with Crippen LogP contribution >= 0.6 is 0 Å². The van der Waals surface area contributed by atoms with Gasteiger partial charge in [0.25, 0.3) is 5.56 Å². The number of aryl methyl sites for hydroxylation is 3. The molecule has 0 amide bonds. The van der Waals surface area contributed by atoms with Crippen LogP contribution in [0.4, 0.5) is 0 Å². The Morgan fingerprint density at radius 1 is 1.17 bits per heavy atom. The van der Waals surface area contributed by atoms with Crippen LogP contribution in [0.5, 0.6) is 0 Å². The Bertz CT molecular complexity index is 1100. The summed E-state index contributed by atoms with van der Waals surface area (Å²) in [6.07, 6.45) is 2.82. The number of H-pyrrole nitrogens is 2. The van der Waals surface area contributed by atoms with E-state index in [0.29, 0.717) is 5.39 Å². The third kappa shape index (κ3) is 2.00. The Balaban J connectivity index is 1.94. The number of pyridine rings is 1. The minimum absolute atomic E-state index is 0.0115. The van der Waals surface area contributed by atoms with Crippen molar-refractivity contribution >= 4 is 21.9 Å². The summed E-state index contributed by atoms with van der Waals surface area (Å²) in [5.41, 5.74) is 6.25. The van der Waals surface area contributed by atoms with Crippen molar-refractivity contribution in [3.05, 3.63) is 52.1 Å². The molecular formula is C18H18N4O. The highest BCUT2D eigenvalue weighted by molar-refractivity contribution is 5.88. The highest BCUT2D eigenvalue weighted by Gasteiger charge is 2.11. The molecule has 5 nitrogen and oxygen atoms in total. The molecule has 0 fully saturated rings. The monoisotopic (exact) mass is 306 g/mol. The Labute approximate surface area is 133 Å². The first-order chi connectivity index (χ1) is 11.1. The summed E-state index contributed by atoms with van der Waals surface area (Å²) >= 11 is 0. The predicted octanol–water partition coefficient (Wildman–Crippen LogP) is 3.28. The van der Waals surface area contributed by atoms with Gasteiger partial charge in [-0.25, -0.2) is 4.98 Å². The zero-order chi connectivity index (χ0) is 16.1. The lowest BCUT2D eigenvalue weighted by Gasteiger charge is -2.03.